The molecular weight excluding hydrogens is 304 g/mol. The Kier molecular flexibility index (Phi) is 8.33. The standard InChI is InChI=1S/C19H32N2O3/c1-3-4-5-6-7-8-19(22)20-15-17(18-10-9-16(2)24-18)21-11-13-23-14-12-21/h9-10,17H,3-8,11-15H2,1-2H3,(H,20,22). The third kappa shape index (κ3) is 6.29. The van der Waals surface area contributed by atoms with Gasteiger partial charge < -0.3 is 14.5 Å². The van der Waals surface area contributed by atoms with Gasteiger partial charge in [0.1, 0.15) is 11.5 Å². The second-order valence-corrected chi connectivity index (χ2v) is 6.58. The van der Waals surface area contributed by atoms with Gasteiger partial charge in [0.15, 0.2) is 0 Å². The summed E-state index contributed by atoms with van der Waals surface area (Å²) in [5, 5.41) is 3.10. The molecule has 1 amide bonds. The molecule has 5 heteroatoms. The van der Waals surface area contributed by atoms with Crippen molar-refractivity contribution in [2.45, 2.75) is 58.4 Å². The smallest absolute Gasteiger partial charge is 0.220 e. The maximum absolute atomic E-state index is 12.1. The van der Waals surface area contributed by atoms with Gasteiger partial charge in [-0.2, -0.15) is 0 Å². The van der Waals surface area contributed by atoms with E-state index in [2.05, 4.69) is 17.1 Å². The predicted molar refractivity (Wildman–Crippen MR) is 95.0 cm³/mol. The molecule has 1 aromatic heterocycles. The fourth-order valence-corrected chi connectivity index (χ4v) is 3.12. The molecule has 0 aliphatic carbocycles. The van der Waals surface area contributed by atoms with Crippen LogP contribution in [0.3, 0.4) is 0 Å². The number of carbonyl (C=O) groups excluding carboxylic acids is 1. The zero-order valence-corrected chi connectivity index (χ0v) is 15.2. The minimum absolute atomic E-state index is 0.0895. The van der Waals surface area contributed by atoms with Crippen LogP contribution >= 0.6 is 0 Å². The first-order chi connectivity index (χ1) is 11.7. The summed E-state index contributed by atoms with van der Waals surface area (Å²) < 4.78 is 11.3. The van der Waals surface area contributed by atoms with Crippen LogP contribution in [0.5, 0.6) is 0 Å². The zero-order chi connectivity index (χ0) is 17.2. The molecule has 0 bridgehead atoms. The lowest BCUT2D eigenvalue weighted by molar-refractivity contribution is -0.121. The maximum Gasteiger partial charge on any atom is 0.220 e. The molecule has 1 aliphatic rings. The largest absolute Gasteiger partial charge is 0.465 e. The van der Waals surface area contributed by atoms with E-state index in [4.69, 9.17) is 9.15 Å². The molecular formula is C19H32N2O3. The Morgan fingerprint density at radius 3 is 2.62 bits per heavy atom. The Bertz CT molecular complexity index is 481. The van der Waals surface area contributed by atoms with Gasteiger partial charge in [0.25, 0.3) is 0 Å². The van der Waals surface area contributed by atoms with E-state index in [9.17, 15) is 4.79 Å². The lowest BCUT2D eigenvalue weighted by Crippen LogP contribution is -2.43. The molecule has 1 aliphatic heterocycles. The van der Waals surface area contributed by atoms with Crippen LogP contribution in [-0.2, 0) is 9.53 Å². The zero-order valence-electron chi connectivity index (χ0n) is 15.2. The number of ether oxygens (including phenoxy) is 1. The maximum atomic E-state index is 12.1. The number of morpholine rings is 1. The van der Waals surface area contributed by atoms with Gasteiger partial charge in [-0.05, 0) is 25.5 Å². The SMILES string of the molecule is CCCCCCCC(=O)NCC(c1ccc(C)o1)N1CCOCC1. The fourth-order valence-electron chi connectivity index (χ4n) is 3.12. The van der Waals surface area contributed by atoms with Crippen LogP contribution in [0.2, 0.25) is 0 Å². The molecule has 2 rings (SSSR count). The van der Waals surface area contributed by atoms with Gasteiger partial charge in [-0.15, -0.1) is 0 Å². The van der Waals surface area contributed by atoms with Gasteiger partial charge in [0, 0.05) is 26.1 Å². The molecule has 5 nitrogen and oxygen atoms in total. The first-order valence-corrected chi connectivity index (χ1v) is 9.35. The number of aryl methyl sites for hydroxylation is 1. The highest BCUT2D eigenvalue weighted by atomic mass is 16.5. The second-order valence-electron chi connectivity index (χ2n) is 6.58. The Labute approximate surface area is 145 Å². The van der Waals surface area contributed by atoms with Gasteiger partial charge in [-0.3, -0.25) is 9.69 Å². The molecule has 1 unspecified atom stereocenters. The predicted octanol–water partition coefficient (Wildman–Crippen LogP) is 3.44. The lowest BCUT2D eigenvalue weighted by Gasteiger charge is -2.33. The summed E-state index contributed by atoms with van der Waals surface area (Å²) in [5.41, 5.74) is 0. The minimum Gasteiger partial charge on any atom is -0.465 e. The number of amides is 1. The Balaban J connectivity index is 1.81. The number of unbranched alkanes of at least 4 members (excludes halogenated alkanes) is 4. The van der Waals surface area contributed by atoms with Crippen LogP contribution in [0.4, 0.5) is 0 Å². The number of nitrogens with one attached hydrogen (secondary N) is 1. The van der Waals surface area contributed by atoms with Crippen LogP contribution in [0.1, 0.15) is 63.0 Å². The summed E-state index contributed by atoms with van der Waals surface area (Å²) >= 11 is 0. The van der Waals surface area contributed by atoms with Crippen LogP contribution in [0, 0.1) is 6.92 Å². The lowest BCUT2D eigenvalue weighted by atomic mass is 10.1. The van der Waals surface area contributed by atoms with E-state index >= 15 is 0 Å². The number of furan rings is 1. The highest BCUT2D eigenvalue weighted by Gasteiger charge is 2.25. The highest BCUT2D eigenvalue weighted by Crippen LogP contribution is 2.23. The van der Waals surface area contributed by atoms with Crippen LogP contribution in [0.15, 0.2) is 16.5 Å². The number of hydrogen-bond acceptors (Lipinski definition) is 4. The first kappa shape index (κ1) is 19.0. The molecule has 1 fully saturated rings. The topological polar surface area (TPSA) is 54.7 Å². The average Bonchev–Trinajstić information content (AvgIpc) is 3.02. The first-order valence-electron chi connectivity index (χ1n) is 9.35. The monoisotopic (exact) mass is 336 g/mol. The number of carbonyl (C=O) groups is 1. The van der Waals surface area contributed by atoms with Crippen molar-refractivity contribution in [2.24, 2.45) is 0 Å². The normalized spacial score (nSPS) is 16.9. The molecule has 0 radical (unpaired) electrons. The van der Waals surface area contributed by atoms with Gasteiger partial charge >= 0.3 is 0 Å². The van der Waals surface area contributed by atoms with E-state index < -0.39 is 0 Å². The van der Waals surface area contributed by atoms with E-state index in [-0.39, 0.29) is 11.9 Å². The highest BCUT2D eigenvalue weighted by molar-refractivity contribution is 5.75. The number of nitrogens with zero attached hydrogens (tertiary/aromatic N) is 1. The van der Waals surface area contributed by atoms with E-state index in [1.54, 1.807) is 0 Å². The molecule has 24 heavy (non-hydrogen) atoms. The third-order valence-corrected chi connectivity index (χ3v) is 4.58. The number of rotatable bonds is 10. The molecule has 1 aromatic rings. The van der Waals surface area contributed by atoms with Gasteiger partial charge in [0.2, 0.25) is 5.91 Å². The van der Waals surface area contributed by atoms with Crippen molar-refractivity contribution in [3.63, 3.8) is 0 Å². The van der Waals surface area contributed by atoms with Gasteiger partial charge in [0.05, 0.1) is 19.3 Å². The van der Waals surface area contributed by atoms with E-state index in [1.165, 1.54) is 19.3 Å². The van der Waals surface area contributed by atoms with E-state index in [0.717, 1.165) is 50.7 Å². The van der Waals surface area contributed by atoms with Crippen molar-refractivity contribution in [1.82, 2.24) is 10.2 Å². The molecule has 1 atom stereocenters. The average molecular weight is 336 g/mol. The summed E-state index contributed by atoms with van der Waals surface area (Å²) in [6.07, 6.45) is 6.47. The summed E-state index contributed by atoms with van der Waals surface area (Å²) in [7, 11) is 0. The van der Waals surface area contributed by atoms with Crippen molar-refractivity contribution in [2.75, 3.05) is 32.8 Å². The third-order valence-electron chi connectivity index (χ3n) is 4.58. The van der Waals surface area contributed by atoms with Crippen LogP contribution in [-0.4, -0.2) is 43.7 Å². The van der Waals surface area contributed by atoms with Crippen molar-refractivity contribution in [3.05, 3.63) is 23.7 Å². The molecule has 1 saturated heterocycles. The van der Waals surface area contributed by atoms with Crippen molar-refractivity contribution >= 4 is 5.91 Å². The van der Waals surface area contributed by atoms with Crippen molar-refractivity contribution in [3.8, 4) is 0 Å². The second kappa shape index (κ2) is 10.5. The Hall–Kier alpha value is -1.33. The Morgan fingerprint density at radius 1 is 1.21 bits per heavy atom. The van der Waals surface area contributed by atoms with Crippen molar-refractivity contribution in [1.29, 1.82) is 0 Å². The Morgan fingerprint density at radius 2 is 1.96 bits per heavy atom. The quantitative estimate of drug-likeness (QED) is 0.665. The molecule has 0 spiro atoms. The molecule has 1 N–H and O–H groups in total. The van der Waals surface area contributed by atoms with Gasteiger partial charge in [-0.25, -0.2) is 0 Å². The summed E-state index contributed by atoms with van der Waals surface area (Å²) in [4.78, 5) is 14.5. The summed E-state index contributed by atoms with van der Waals surface area (Å²) in [6, 6.07) is 4.09. The van der Waals surface area contributed by atoms with Crippen molar-refractivity contribution < 1.29 is 13.9 Å². The summed E-state index contributed by atoms with van der Waals surface area (Å²) in [6.45, 7) is 7.97. The summed E-state index contributed by atoms with van der Waals surface area (Å²) in [5.74, 6) is 1.98. The van der Waals surface area contributed by atoms with E-state index in [1.807, 2.05) is 19.1 Å². The number of hydrogen-bond donors (Lipinski definition) is 1. The fraction of sp³-hybridized carbons (Fsp3) is 0.737. The van der Waals surface area contributed by atoms with Crippen LogP contribution in [0.25, 0.3) is 0 Å². The minimum atomic E-state index is 0.0895. The molecule has 136 valence electrons. The molecule has 2 heterocycles. The molecule has 0 saturated carbocycles. The van der Waals surface area contributed by atoms with E-state index in [0.29, 0.717) is 13.0 Å². The van der Waals surface area contributed by atoms with Gasteiger partial charge in [-0.1, -0.05) is 32.6 Å². The molecule has 0 aromatic carbocycles. The van der Waals surface area contributed by atoms with Crippen LogP contribution < -0.4 is 5.32 Å².